The zero-order valence-electron chi connectivity index (χ0n) is 17.2. The first-order valence-electron chi connectivity index (χ1n) is 9.61. The lowest BCUT2D eigenvalue weighted by Crippen LogP contribution is -2.34. The lowest BCUT2D eigenvalue weighted by atomic mass is 10.1. The third-order valence-electron chi connectivity index (χ3n) is 4.28. The predicted octanol–water partition coefficient (Wildman–Crippen LogP) is 3.91. The summed E-state index contributed by atoms with van der Waals surface area (Å²) in [6, 6.07) is 9.52. The van der Waals surface area contributed by atoms with Crippen molar-refractivity contribution in [1.29, 1.82) is 0 Å². The number of unbranched alkanes of at least 4 members (excludes halogenated alkanes) is 1. The Bertz CT molecular complexity index is 966. The number of carbonyl (C=O) groups is 2. The Morgan fingerprint density at radius 1 is 1.03 bits per heavy atom. The van der Waals surface area contributed by atoms with Gasteiger partial charge in [-0.25, -0.2) is 0 Å². The van der Waals surface area contributed by atoms with Gasteiger partial charge in [-0.05, 0) is 74.1 Å². The summed E-state index contributed by atoms with van der Waals surface area (Å²) in [5.41, 5.74) is 5.21. The highest BCUT2D eigenvalue weighted by molar-refractivity contribution is 7.80. The minimum Gasteiger partial charge on any atom is -0.496 e. The normalized spacial score (nSPS) is 10.9. The molecule has 0 aliphatic heterocycles. The van der Waals surface area contributed by atoms with Crippen molar-refractivity contribution < 1.29 is 27.5 Å². The van der Waals surface area contributed by atoms with Crippen LogP contribution in [-0.2, 0) is 11.0 Å². The highest BCUT2D eigenvalue weighted by Gasteiger charge is 2.35. The Hall–Kier alpha value is -3.18. The molecule has 0 spiro atoms. The first-order valence-corrected chi connectivity index (χ1v) is 10.0. The topological polar surface area (TPSA) is 105 Å². The number of benzene rings is 2. The summed E-state index contributed by atoms with van der Waals surface area (Å²) in [5.74, 6) is -1.32. The van der Waals surface area contributed by atoms with Crippen LogP contribution in [0.5, 0.6) is 5.75 Å². The van der Waals surface area contributed by atoms with Crippen LogP contribution in [0, 0.1) is 0 Å². The van der Waals surface area contributed by atoms with Crippen LogP contribution in [0.15, 0.2) is 42.5 Å². The molecule has 32 heavy (non-hydrogen) atoms. The van der Waals surface area contributed by atoms with Crippen LogP contribution in [0.3, 0.4) is 0 Å². The second-order valence-corrected chi connectivity index (χ2v) is 7.10. The highest BCUT2D eigenvalue weighted by Crippen LogP contribution is 2.36. The molecule has 0 fully saturated rings. The van der Waals surface area contributed by atoms with Crippen molar-refractivity contribution in [3.8, 4) is 5.75 Å². The number of halogens is 3. The van der Waals surface area contributed by atoms with E-state index < -0.39 is 17.6 Å². The van der Waals surface area contributed by atoms with Gasteiger partial charge in [-0.15, -0.1) is 0 Å². The first-order chi connectivity index (χ1) is 15.1. The third kappa shape index (κ3) is 7.50. The number of rotatable bonds is 8. The fraction of sp³-hybridized carbons (Fsp3) is 0.286. The SMILES string of the molecule is COc1ccc(C(=O)NC(=S)Nc2ccc(NC(=O)CCCCN)cc2)cc1C(F)(F)F. The molecule has 0 aliphatic carbocycles. The van der Waals surface area contributed by atoms with Crippen molar-refractivity contribution >= 4 is 40.5 Å². The van der Waals surface area contributed by atoms with E-state index in [4.69, 9.17) is 22.7 Å². The van der Waals surface area contributed by atoms with Crippen LogP contribution < -0.4 is 26.4 Å². The summed E-state index contributed by atoms with van der Waals surface area (Å²) >= 11 is 5.06. The van der Waals surface area contributed by atoms with Crippen LogP contribution in [0.2, 0.25) is 0 Å². The molecule has 2 aromatic rings. The van der Waals surface area contributed by atoms with Gasteiger partial charge in [0.05, 0.1) is 12.7 Å². The van der Waals surface area contributed by atoms with E-state index in [1.54, 1.807) is 24.3 Å². The van der Waals surface area contributed by atoms with E-state index in [1.165, 1.54) is 6.07 Å². The van der Waals surface area contributed by atoms with Crippen molar-refractivity contribution in [3.63, 3.8) is 0 Å². The van der Waals surface area contributed by atoms with Crippen molar-refractivity contribution in [2.24, 2.45) is 5.73 Å². The van der Waals surface area contributed by atoms with Gasteiger partial charge in [-0.3, -0.25) is 14.9 Å². The number of amides is 2. The third-order valence-corrected chi connectivity index (χ3v) is 4.48. The lowest BCUT2D eigenvalue weighted by molar-refractivity contribution is -0.138. The zero-order chi connectivity index (χ0) is 23.7. The standard InChI is InChI=1S/C21H23F3N4O3S/c1-31-17-10-5-13(12-16(17)21(22,23)24)19(30)28-20(32)27-15-8-6-14(7-9-15)26-18(29)4-2-3-11-25/h5-10,12H,2-4,11,25H2,1H3,(H,26,29)(H2,27,28,30,32). The fourth-order valence-electron chi connectivity index (χ4n) is 2.70. The minimum absolute atomic E-state index is 0.0991. The number of ether oxygens (including phenoxy) is 1. The maximum Gasteiger partial charge on any atom is 0.419 e. The number of alkyl halides is 3. The van der Waals surface area contributed by atoms with Gasteiger partial charge in [0.1, 0.15) is 5.75 Å². The Morgan fingerprint density at radius 2 is 1.66 bits per heavy atom. The number of hydrogen-bond donors (Lipinski definition) is 4. The average molecular weight is 469 g/mol. The average Bonchev–Trinajstić information content (AvgIpc) is 2.74. The molecule has 0 aliphatic rings. The molecule has 0 saturated carbocycles. The molecule has 7 nitrogen and oxygen atoms in total. The summed E-state index contributed by atoms with van der Waals surface area (Å²) in [5, 5.41) is 7.74. The van der Waals surface area contributed by atoms with Crippen LogP contribution in [0.25, 0.3) is 0 Å². The number of anilines is 2. The van der Waals surface area contributed by atoms with Gasteiger partial charge in [0, 0.05) is 23.4 Å². The lowest BCUT2D eigenvalue weighted by Gasteiger charge is -2.14. The fourth-order valence-corrected chi connectivity index (χ4v) is 2.91. The van der Waals surface area contributed by atoms with Gasteiger partial charge < -0.3 is 21.1 Å². The summed E-state index contributed by atoms with van der Waals surface area (Å²) in [6.45, 7) is 0.534. The van der Waals surface area contributed by atoms with E-state index in [9.17, 15) is 22.8 Å². The molecular weight excluding hydrogens is 445 g/mol. The van der Waals surface area contributed by atoms with E-state index in [2.05, 4.69) is 16.0 Å². The molecular formula is C21H23F3N4O3S. The second kappa shape index (κ2) is 11.4. The van der Waals surface area contributed by atoms with Gasteiger partial charge >= 0.3 is 6.18 Å². The summed E-state index contributed by atoms with van der Waals surface area (Å²) in [6.07, 6.45) is -2.83. The summed E-state index contributed by atoms with van der Waals surface area (Å²) < 4.78 is 44.1. The molecule has 2 amide bonds. The number of thiocarbonyl (C=S) groups is 1. The predicted molar refractivity (Wildman–Crippen MR) is 120 cm³/mol. The zero-order valence-corrected chi connectivity index (χ0v) is 18.0. The van der Waals surface area contributed by atoms with Crippen LogP contribution >= 0.6 is 12.2 Å². The van der Waals surface area contributed by atoms with Gasteiger partial charge in [-0.2, -0.15) is 13.2 Å². The Labute approximate surface area is 188 Å². The van der Waals surface area contributed by atoms with Crippen molar-refractivity contribution in [2.75, 3.05) is 24.3 Å². The Balaban J connectivity index is 1.95. The van der Waals surface area contributed by atoms with Crippen molar-refractivity contribution in [1.82, 2.24) is 5.32 Å². The van der Waals surface area contributed by atoms with E-state index in [0.29, 0.717) is 36.8 Å². The van der Waals surface area contributed by atoms with Gasteiger partial charge in [0.25, 0.3) is 5.91 Å². The minimum atomic E-state index is -4.68. The molecule has 0 unspecified atom stereocenters. The van der Waals surface area contributed by atoms with Crippen LogP contribution in [0.4, 0.5) is 24.5 Å². The molecule has 0 radical (unpaired) electrons. The van der Waals surface area contributed by atoms with E-state index in [-0.39, 0.29) is 22.3 Å². The molecule has 0 heterocycles. The highest BCUT2D eigenvalue weighted by atomic mass is 32.1. The molecule has 172 valence electrons. The van der Waals surface area contributed by atoms with Gasteiger partial charge in [0.15, 0.2) is 5.11 Å². The first kappa shape index (κ1) is 25.1. The molecule has 2 aromatic carbocycles. The second-order valence-electron chi connectivity index (χ2n) is 6.69. The van der Waals surface area contributed by atoms with Crippen molar-refractivity contribution in [2.45, 2.75) is 25.4 Å². The Kier molecular flexibility index (Phi) is 8.97. The largest absolute Gasteiger partial charge is 0.496 e. The quantitative estimate of drug-likeness (QED) is 0.346. The number of hydrogen-bond acceptors (Lipinski definition) is 5. The van der Waals surface area contributed by atoms with Gasteiger partial charge in [0.2, 0.25) is 5.91 Å². The molecule has 0 saturated heterocycles. The summed E-state index contributed by atoms with van der Waals surface area (Å²) in [7, 11) is 1.11. The molecule has 2 rings (SSSR count). The number of nitrogens with one attached hydrogen (secondary N) is 3. The number of methoxy groups -OCH3 is 1. The molecule has 11 heteroatoms. The Morgan fingerprint density at radius 3 is 2.22 bits per heavy atom. The summed E-state index contributed by atoms with van der Waals surface area (Å²) in [4.78, 5) is 24.1. The smallest absolute Gasteiger partial charge is 0.419 e. The van der Waals surface area contributed by atoms with Crippen molar-refractivity contribution in [3.05, 3.63) is 53.6 Å². The number of carbonyl (C=O) groups excluding carboxylic acids is 2. The number of nitrogens with two attached hydrogens (primary N) is 1. The van der Waals surface area contributed by atoms with Crippen LogP contribution in [-0.4, -0.2) is 30.6 Å². The maximum atomic E-state index is 13.1. The molecule has 5 N–H and O–H groups in total. The van der Waals surface area contributed by atoms with E-state index in [1.807, 2.05) is 0 Å². The molecule has 0 bridgehead atoms. The molecule has 0 aromatic heterocycles. The van der Waals surface area contributed by atoms with Gasteiger partial charge in [-0.1, -0.05) is 0 Å². The van der Waals surface area contributed by atoms with E-state index >= 15 is 0 Å². The monoisotopic (exact) mass is 468 g/mol. The molecule has 0 atom stereocenters. The van der Waals surface area contributed by atoms with E-state index in [0.717, 1.165) is 19.6 Å². The maximum absolute atomic E-state index is 13.1. The van der Waals surface area contributed by atoms with Crippen LogP contribution in [0.1, 0.15) is 35.2 Å².